The molecule has 3 amide bonds. The van der Waals surface area contributed by atoms with Gasteiger partial charge in [-0.05, 0) is 50.0 Å². The van der Waals surface area contributed by atoms with E-state index in [1.807, 2.05) is 39.0 Å². The van der Waals surface area contributed by atoms with Gasteiger partial charge in [-0.2, -0.15) is 0 Å². The van der Waals surface area contributed by atoms with Crippen molar-refractivity contribution in [2.24, 2.45) is 23.0 Å². The summed E-state index contributed by atoms with van der Waals surface area (Å²) in [6, 6.07) is 6.61. The highest BCUT2D eigenvalue weighted by molar-refractivity contribution is 7.60. The van der Waals surface area contributed by atoms with Gasteiger partial charge in [-0.1, -0.05) is 85.2 Å². The molecule has 0 aromatic heterocycles. The molecule has 1 aromatic carbocycles. The zero-order valence-corrected chi connectivity index (χ0v) is 29.2. The van der Waals surface area contributed by atoms with Gasteiger partial charge in [-0.25, -0.2) is 4.79 Å². The molecule has 0 bridgehead atoms. The molecule has 0 spiro atoms. The summed E-state index contributed by atoms with van der Waals surface area (Å²) in [7, 11) is -2.94. The van der Waals surface area contributed by atoms with Crippen molar-refractivity contribution in [1.82, 2.24) is 10.2 Å². The van der Waals surface area contributed by atoms with Gasteiger partial charge in [0.25, 0.3) is 5.91 Å². The number of esters is 1. The zero-order valence-electron chi connectivity index (χ0n) is 28.3. The fourth-order valence-corrected chi connectivity index (χ4v) is 6.77. The van der Waals surface area contributed by atoms with Gasteiger partial charge >= 0.3 is 12.1 Å². The topological polar surface area (TPSA) is 154 Å². The van der Waals surface area contributed by atoms with Crippen LogP contribution < -0.4 is 11.1 Å². The van der Waals surface area contributed by atoms with Crippen LogP contribution in [0, 0.1) is 17.3 Å². The van der Waals surface area contributed by atoms with Crippen molar-refractivity contribution in [3.8, 4) is 0 Å². The van der Waals surface area contributed by atoms with Crippen LogP contribution in [0.5, 0.6) is 0 Å². The minimum atomic E-state index is -4.12. The Morgan fingerprint density at radius 2 is 1.55 bits per heavy atom. The number of rotatable bonds is 14. The maximum absolute atomic E-state index is 14.6. The van der Waals surface area contributed by atoms with Crippen LogP contribution in [0.2, 0.25) is 0 Å². The van der Waals surface area contributed by atoms with E-state index in [9.17, 15) is 23.7 Å². The van der Waals surface area contributed by atoms with Crippen LogP contribution in [-0.2, 0) is 39.6 Å². The lowest BCUT2D eigenvalue weighted by Crippen LogP contribution is -2.61. The van der Waals surface area contributed by atoms with Gasteiger partial charge in [-0.15, -0.1) is 0 Å². The summed E-state index contributed by atoms with van der Waals surface area (Å²) in [6.07, 6.45) is -0.949. The first-order valence-electron chi connectivity index (χ1n) is 15.1. The van der Waals surface area contributed by atoms with Gasteiger partial charge in [0, 0.05) is 7.11 Å². The average Bonchev–Trinajstić information content (AvgIpc) is 2.91. The Bertz CT molecular complexity index is 1160. The lowest BCUT2D eigenvalue weighted by Gasteiger charge is -2.41. The quantitative estimate of drug-likeness (QED) is 0.193. The molecule has 250 valence electrons. The zero-order chi connectivity index (χ0) is 34.0. The molecule has 2 unspecified atom stereocenters. The van der Waals surface area contributed by atoms with Gasteiger partial charge < -0.3 is 25.0 Å². The second-order valence-corrected chi connectivity index (χ2v) is 16.5. The molecule has 0 fully saturated rings. The van der Waals surface area contributed by atoms with Gasteiger partial charge in [0.05, 0.1) is 6.04 Å². The molecule has 3 N–H and O–H groups in total. The largest absolute Gasteiger partial charge is 0.460 e. The van der Waals surface area contributed by atoms with Gasteiger partial charge in [-0.3, -0.25) is 23.8 Å². The number of amides is 3. The van der Waals surface area contributed by atoms with Gasteiger partial charge in [0.1, 0.15) is 30.2 Å². The Balaban J connectivity index is 3.68. The van der Waals surface area contributed by atoms with E-state index >= 15 is 0 Å². The van der Waals surface area contributed by atoms with E-state index < -0.39 is 66.3 Å². The molecule has 0 saturated carbocycles. The number of imide groups is 1. The minimum Gasteiger partial charge on any atom is -0.460 e. The standard InChI is InChI=1S/C32H54N3O8P/c1-12-22(4)26(33)28(37)35(24(18-21(2)3)44(40,41-11)20-25(36)43-32(8,9)10)29(38)27(31(5,6)7)34-30(39)42-19-23-16-14-13-15-17-23/h13-17,21-22,24,26-27H,12,18-20,33H2,1-11H3,(H,34,39)/t22-,24?,26-,27+,44?/m0/s1. The molecular weight excluding hydrogens is 585 g/mol. The number of carbonyl (C=O) groups is 4. The monoisotopic (exact) mass is 639 g/mol. The number of nitrogens with one attached hydrogen (secondary N) is 1. The van der Waals surface area contributed by atoms with E-state index in [2.05, 4.69) is 5.32 Å². The van der Waals surface area contributed by atoms with E-state index in [0.29, 0.717) is 6.42 Å². The van der Waals surface area contributed by atoms with Crippen LogP contribution in [0.4, 0.5) is 4.79 Å². The predicted octanol–water partition coefficient (Wildman–Crippen LogP) is 5.69. The van der Waals surface area contributed by atoms with Crippen molar-refractivity contribution in [1.29, 1.82) is 0 Å². The molecule has 1 aromatic rings. The summed E-state index contributed by atoms with van der Waals surface area (Å²) in [5.41, 5.74) is 5.35. The first kappa shape index (κ1) is 39.3. The maximum Gasteiger partial charge on any atom is 0.408 e. The molecule has 0 heterocycles. The summed E-state index contributed by atoms with van der Waals surface area (Å²) in [5.74, 6) is -4.26. The molecule has 0 aliphatic rings. The van der Waals surface area contributed by atoms with Gasteiger partial charge in [0.15, 0.2) is 0 Å². The van der Waals surface area contributed by atoms with Crippen LogP contribution in [0.1, 0.15) is 87.6 Å². The minimum absolute atomic E-state index is 0.0377. The highest BCUT2D eigenvalue weighted by atomic mass is 31.2. The van der Waals surface area contributed by atoms with Crippen LogP contribution in [0.25, 0.3) is 0 Å². The Kier molecular flexibility index (Phi) is 14.8. The number of ether oxygens (including phenoxy) is 2. The second kappa shape index (κ2) is 16.5. The highest BCUT2D eigenvalue weighted by Gasteiger charge is 2.50. The molecule has 0 aliphatic carbocycles. The number of hydrogen-bond donors (Lipinski definition) is 2. The second-order valence-electron chi connectivity index (χ2n) is 13.7. The third-order valence-corrected chi connectivity index (χ3v) is 9.78. The molecule has 0 aliphatic heterocycles. The third-order valence-electron chi connectivity index (χ3n) is 7.12. The van der Waals surface area contributed by atoms with Crippen molar-refractivity contribution in [2.45, 2.75) is 112 Å². The molecule has 0 saturated heterocycles. The Morgan fingerprint density at radius 1 is 0.977 bits per heavy atom. The Morgan fingerprint density at radius 3 is 2.00 bits per heavy atom. The smallest absolute Gasteiger partial charge is 0.408 e. The molecule has 1 rings (SSSR count). The lowest BCUT2D eigenvalue weighted by atomic mass is 9.85. The lowest BCUT2D eigenvalue weighted by molar-refractivity contribution is -0.153. The van der Waals surface area contributed by atoms with E-state index in [-0.39, 0.29) is 24.9 Å². The highest BCUT2D eigenvalue weighted by Crippen LogP contribution is 2.55. The van der Waals surface area contributed by atoms with Crippen molar-refractivity contribution < 1.29 is 37.7 Å². The number of hydrogen-bond acceptors (Lipinski definition) is 9. The normalized spacial score (nSPS) is 16.2. The molecule has 5 atom stereocenters. The van der Waals surface area contributed by atoms with Crippen molar-refractivity contribution in [2.75, 3.05) is 13.3 Å². The average molecular weight is 640 g/mol. The predicted molar refractivity (Wildman–Crippen MR) is 171 cm³/mol. The number of nitrogens with two attached hydrogens (primary N) is 1. The summed E-state index contributed by atoms with van der Waals surface area (Å²) in [6.45, 7) is 17.5. The van der Waals surface area contributed by atoms with E-state index in [0.717, 1.165) is 10.5 Å². The van der Waals surface area contributed by atoms with E-state index in [4.69, 9.17) is 19.7 Å². The number of benzene rings is 1. The fraction of sp³-hybridized carbons (Fsp3) is 0.688. The van der Waals surface area contributed by atoms with Crippen molar-refractivity contribution in [3.63, 3.8) is 0 Å². The summed E-state index contributed by atoms with van der Waals surface area (Å²) in [4.78, 5) is 55.5. The van der Waals surface area contributed by atoms with Crippen molar-refractivity contribution >= 4 is 31.2 Å². The van der Waals surface area contributed by atoms with Crippen LogP contribution in [0.15, 0.2) is 30.3 Å². The Labute approximate surface area is 263 Å². The summed E-state index contributed by atoms with van der Waals surface area (Å²) < 4.78 is 30.9. The van der Waals surface area contributed by atoms with E-state index in [1.54, 1.807) is 60.6 Å². The molecule has 11 nitrogen and oxygen atoms in total. The first-order chi connectivity index (χ1) is 20.2. The SMILES string of the molecule is CC[C@H](C)[C@H](N)C(=O)N(C(=O)[C@@H](NC(=O)OCc1ccccc1)C(C)(C)C)C(CC(C)C)P(=O)(CC(=O)OC(C)(C)C)OC. The summed E-state index contributed by atoms with van der Waals surface area (Å²) in [5, 5.41) is 2.63. The number of alkyl carbamates (subject to hydrolysis) is 1. The molecule has 0 radical (unpaired) electrons. The number of nitrogens with zero attached hydrogens (tertiary/aromatic N) is 1. The first-order valence-corrected chi connectivity index (χ1v) is 17.0. The molecular formula is C32H54N3O8P. The number of carbonyl (C=O) groups excluding carboxylic acids is 4. The summed E-state index contributed by atoms with van der Waals surface area (Å²) >= 11 is 0. The molecule has 12 heteroatoms. The van der Waals surface area contributed by atoms with Crippen LogP contribution >= 0.6 is 7.37 Å². The fourth-order valence-electron chi connectivity index (χ4n) is 4.44. The van der Waals surface area contributed by atoms with E-state index in [1.165, 1.54) is 7.11 Å². The maximum atomic E-state index is 14.6. The third kappa shape index (κ3) is 12.0. The molecule has 44 heavy (non-hydrogen) atoms. The van der Waals surface area contributed by atoms with Crippen LogP contribution in [-0.4, -0.2) is 65.5 Å². The van der Waals surface area contributed by atoms with Crippen LogP contribution in [0.3, 0.4) is 0 Å². The van der Waals surface area contributed by atoms with Crippen molar-refractivity contribution in [3.05, 3.63) is 35.9 Å². The van der Waals surface area contributed by atoms with Gasteiger partial charge in [0.2, 0.25) is 13.3 Å². The Hall–Kier alpha value is -2.75.